The van der Waals surface area contributed by atoms with E-state index in [-0.39, 0.29) is 30.9 Å². The normalized spacial score (nSPS) is 15.2. The van der Waals surface area contributed by atoms with Crippen molar-refractivity contribution in [1.82, 2.24) is 15.1 Å². The van der Waals surface area contributed by atoms with Gasteiger partial charge in [0.2, 0.25) is 11.8 Å². The van der Waals surface area contributed by atoms with Crippen LogP contribution < -0.4 is 21.5 Å². The Morgan fingerprint density at radius 3 is 2.09 bits per heavy atom. The first-order chi connectivity index (χ1) is 22.1. The maximum atomic E-state index is 14.0. The second kappa shape index (κ2) is 17.5. The second-order valence-electron chi connectivity index (χ2n) is 10.4. The maximum absolute atomic E-state index is 14.0. The predicted octanol–water partition coefficient (Wildman–Crippen LogP) is 1.21. The van der Waals surface area contributed by atoms with Gasteiger partial charge in [-0.15, -0.1) is 0 Å². The number of amidine groups is 1. The predicted molar refractivity (Wildman–Crippen MR) is 162 cm³/mol. The van der Waals surface area contributed by atoms with Crippen LogP contribution in [0.2, 0.25) is 0 Å². The second-order valence-corrected chi connectivity index (χ2v) is 10.4. The first kappa shape index (κ1) is 38.0. The van der Waals surface area contributed by atoms with E-state index in [1.54, 1.807) is 43.5 Å². The number of hydrogen-bond donors (Lipinski definition) is 6. The maximum Gasteiger partial charge on any atom is 0.490 e. The number of carbonyl (C=O) groups excluding carboxylic acids is 3. The number of nitrogens with two attached hydrogens (primary N) is 2. The van der Waals surface area contributed by atoms with Crippen molar-refractivity contribution in [3.63, 3.8) is 0 Å². The number of benzene rings is 2. The number of nitrogen functional groups attached to an aromatic ring is 1. The lowest BCUT2D eigenvalue weighted by Gasteiger charge is -2.41. The number of rotatable bonds is 13. The molecule has 1 fully saturated rings. The van der Waals surface area contributed by atoms with Gasteiger partial charge in [-0.3, -0.25) is 24.6 Å². The van der Waals surface area contributed by atoms with Gasteiger partial charge in [-0.25, -0.2) is 4.79 Å². The fraction of sp³-hybridized carbons (Fsp3) is 0.400. The number of unbranched alkanes of at least 4 members (excludes halogenated alkanes) is 1. The number of piperazine rings is 1. The van der Waals surface area contributed by atoms with Crippen LogP contribution in [0.5, 0.6) is 5.75 Å². The van der Waals surface area contributed by atoms with Crippen LogP contribution >= 0.6 is 0 Å². The quantitative estimate of drug-likeness (QED) is 0.102. The van der Waals surface area contributed by atoms with Crippen LogP contribution in [0.4, 0.5) is 13.2 Å². The molecule has 8 N–H and O–H groups in total. The average Bonchev–Trinajstić information content (AvgIpc) is 3.02. The summed E-state index contributed by atoms with van der Waals surface area (Å²) in [5.74, 6) is -4.76. The smallest absolute Gasteiger partial charge is 0.490 e. The molecule has 0 aromatic heterocycles. The van der Waals surface area contributed by atoms with E-state index in [1.807, 2.05) is 0 Å². The van der Waals surface area contributed by atoms with E-state index >= 15 is 0 Å². The average molecular weight is 667 g/mol. The van der Waals surface area contributed by atoms with E-state index in [1.165, 1.54) is 21.9 Å². The van der Waals surface area contributed by atoms with Gasteiger partial charge in [0, 0.05) is 30.6 Å². The van der Waals surface area contributed by atoms with Crippen molar-refractivity contribution in [2.24, 2.45) is 11.5 Å². The van der Waals surface area contributed by atoms with Gasteiger partial charge in [0.05, 0.1) is 7.11 Å². The minimum absolute atomic E-state index is 0.0694. The molecular formula is C30H37F3N6O8. The zero-order valence-electron chi connectivity index (χ0n) is 25.5. The number of carbonyl (C=O) groups is 5. The van der Waals surface area contributed by atoms with Gasteiger partial charge < -0.3 is 41.5 Å². The Morgan fingerprint density at radius 2 is 1.60 bits per heavy atom. The summed E-state index contributed by atoms with van der Waals surface area (Å²) in [5, 5.41) is 26.7. The van der Waals surface area contributed by atoms with Gasteiger partial charge in [0.15, 0.2) is 0 Å². The first-order valence-electron chi connectivity index (χ1n) is 14.3. The van der Waals surface area contributed by atoms with Crippen molar-refractivity contribution in [3.05, 3.63) is 65.2 Å². The van der Waals surface area contributed by atoms with E-state index in [0.29, 0.717) is 37.1 Å². The Labute approximate surface area is 267 Å². The molecule has 0 aliphatic carbocycles. The molecule has 2 aromatic rings. The highest BCUT2D eigenvalue weighted by molar-refractivity contribution is 6.00. The van der Waals surface area contributed by atoms with Crippen LogP contribution in [-0.2, 0) is 25.6 Å². The molecule has 47 heavy (non-hydrogen) atoms. The van der Waals surface area contributed by atoms with Crippen LogP contribution in [0, 0.1) is 5.41 Å². The SMILES string of the molecule is COc1ccc(CC(NC(=O)c2ccc(C(=N)N)cc2)C(=O)N2CCN(CC(=O)O)C(=O)[C@@H]2CCCCN)cc1.O=C(O)C(F)(F)F. The van der Waals surface area contributed by atoms with Gasteiger partial charge in [0.1, 0.15) is 30.2 Å². The zero-order valence-corrected chi connectivity index (χ0v) is 25.5. The monoisotopic (exact) mass is 666 g/mol. The Morgan fingerprint density at radius 1 is 1.02 bits per heavy atom. The van der Waals surface area contributed by atoms with Gasteiger partial charge in [0.25, 0.3) is 5.91 Å². The largest absolute Gasteiger partial charge is 0.497 e. The number of methoxy groups -OCH3 is 1. The number of hydrogen-bond acceptors (Lipinski definition) is 8. The van der Waals surface area contributed by atoms with E-state index in [4.69, 9.17) is 31.5 Å². The zero-order chi connectivity index (χ0) is 35.3. The molecule has 1 saturated heterocycles. The molecule has 256 valence electrons. The molecule has 3 amide bonds. The lowest BCUT2D eigenvalue weighted by Crippen LogP contribution is -2.63. The first-order valence-corrected chi connectivity index (χ1v) is 14.3. The fourth-order valence-electron chi connectivity index (χ4n) is 4.62. The number of amides is 3. The van der Waals surface area contributed by atoms with Crippen LogP contribution in [-0.4, -0.2) is 107 Å². The molecule has 0 radical (unpaired) electrons. The number of carboxylic acid groups (broad SMARTS) is 2. The molecular weight excluding hydrogens is 629 g/mol. The Hall–Kier alpha value is -5.19. The van der Waals surface area contributed by atoms with Gasteiger partial charge >= 0.3 is 18.1 Å². The number of aliphatic carboxylic acids is 2. The number of halogens is 3. The minimum atomic E-state index is -5.08. The van der Waals surface area contributed by atoms with Crippen LogP contribution in [0.3, 0.4) is 0 Å². The Kier molecular flexibility index (Phi) is 14.1. The molecule has 17 heteroatoms. The Bertz CT molecular complexity index is 1420. The summed E-state index contributed by atoms with van der Waals surface area (Å²) in [6.45, 7) is 0.177. The van der Waals surface area contributed by atoms with Crippen molar-refractivity contribution in [1.29, 1.82) is 5.41 Å². The molecule has 1 aliphatic heterocycles. The van der Waals surface area contributed by atoms with E-state index < -0.39 is 54.5 Å². The topological polar surface area (TPSA) is 229 Å². The van der Waals surface area contributed by atoms with Gasteiger partial charge in [-0.05, 0) is 55.6 Å². The molecule has 0 bridgehead atoms. The summed E-state index contributed by atoms with van der Waals surface area (Å²) >= 11 is 0. The molecule has 2 atom stereocenters. The highest BCUT2D eigenvalue weighted by Crippen LogP contribution is 2.21. The fourth-order valence-corrected chi connectivity index (χ4v) is 4.62. The summed E-state index contributed by atoms with van der Waals surface area (Å²) < 4.78 is 37.0. The van der Waals surface area contributed by atoms with E-state index in [2.05, 4.69) is 5.32 Å². The third-order valence-corrected chi connectivity index (χ3v) is 7.03. The third-order valence-electron chi connectivity index (χ3n) is 7.03. The number of alkyl halides is 3. The van der Waals surface area contributed by atoms with E-state index in [0.717, 1.165) is 5.56 Å². The van der Waals surface area contributed by atoms with Crippen LogP contribution in [0.15, 0.2) is 48.5 Å². The summed E-state index contributed by atoms with van der Waals surface area (Å²) in [6, 6.07) is 11.4. The number of ether oxygens (including phenoxy) is 1. The van der Waals surface area contributed by atoms with Crippen molar-refractivity contribution in [3.8, 4) is 5.75 Å². The lowest BCUT2D eigenvalue weighted by molar-refractivity contribution is -0.192. The number of nitrogens with zero attached hydrogens (tertiary/aromatic N) is 2. The molecule has 1 heterocycles. The van der Waals surface area contributed by atoms with Crippen LogP contribution in [0.1, 0.15) is 40.7 Å². The molecule has 2 aromatic carbocycles. The lowest BCUT2D eigenvalue weighted by atomic mass is 9.99. The molecule has 3 rings (SSSR count). The standard InChI is InChI=1S/C28H36N6O6.C2HF3O2/c1-40-21-11-5-18(6-12-21)16-22(32-26(37)20-9-7-19(8-10-20)25(30)31)27(38)34-15-14-33(17-24(35)36)28(39)23(34)4-2-3-13-29;3-2(4,5)1(6)7/h5-12,22-23H,2-4,13-17,29H2,1H3,(H3,30,31)(H,32,37)(H,35,36);(H,6,7)/t22?,23-;/m0./s1. The van der Waals surface area contributed by atoms with Gasteiger partial charge in [-0.2, -0.15) is 13.2 Å². The molecule has 0 saturated carbocycles. The highest BCUT2D eigenvalue weighted by atomic mass is 19.4. The molecule has 0 spiro atoms. The summed E-state index contributed by atoms with van der Waals surface area (Å²) in [4.78, 5) is 63.3. The van der Waals surface area contributed by atoms with Crippen molar-refractivity contribution >= 4 is 35.5 Å². The third kappa shape index (κ3) is 11.6. The molecule has 14 nitrogen and oxygen atoms in total. The number of carboxylic acids is 2. The highest BCUT2D eigenvalue weighted by Gasteiger charge is 2.40. The van der Waals surface area contributed by atoms with Gasteiger partial charge in [-0.1, -0.05) is 24.3 Å². The van der Waals surface area contributed by atoms with Crippen LogP contribution in [0.25, 0.3) is 0 Å². The Balaban J connectivity index is 0.000000984. The minimum Gasteiger partial charge on any atom is -0.497 e. The van der Waals surface area contributed by atoms with Crippen molar-refractivity contribution in [2.75, 3.05) is 33.3 Å². The molecule has 1 aliphatic rings. The summed E-state index contributed by atoms with van der Waals surface area (Å²) in [7, 11) is 1.55. The summed E-state index contributed by atoms with van der Waals surface area (Å²) in [6.07, 6.45) is -3.38. The summed E-state index contributed by atoms with van der Waals surface area (Å²) in [5.41, 5.74) is 12.6. The van der Waals surface area contributed by atoms with Crippen molar-refractivity contribution in [2.45, 2.75) is 43.9 Å². The van der Waals surface area contributed by atoms with E-state index in [9.17, 15) is 37.5 Å². The number of nitrogens with one attached hydrogen (secondary N) is 2. The molecule has 1 unspecified atom stereocenters. The van der Waals surface area contributed by atoms with Crippen molar-refractivity contribution < 1.29 is 52.1 Å².